The molecule has 0 unspecified atom stereocenters. The maximum Gasteiger partial charge on any atom is 0.338 e. The summed E-state index contributed by atoms with van der Waals surface area (Å²) in [7, 11) is 0. The van der Waals surface area contributed by atoms with Gasteiger partial charge in [-0.2, -0.15) is 5.48 Å². The summed E-state index contributed by atoms with van der Waals surface area (Å²) in [5.74, 6) is -0.623. The zero-order valence-electron chi connectivity index (χ0n) is 9.62. The number of nitrogens with one attached hydrogen (secondary N) is 1. The minimum absolute atomic E-state index is 0.171. The molecule has 0 saturated carbocycles. The fraction of sp³-hybridized carbons (Fsp3) is 0.200. The normalized spacial score (nSPS) is 10.6. The number of hydrogen-bond acceptors (Lipinski definition) is 6. The Morgan fingerprint density at radius 3 is 2.94 bits per heavy atom. The van der Waals surface area contributed by atoms with Crippen molar-refractivity contribution in [1.82, 2.24) is 5.48 Å². The third-order valence-corrected chi connectivity index (χ3v) is 1.79. The van der Waals surface area contributed by atoms with E-state index in [0.29, 0.717) is 11.3 Å². The summed E-state index contributed by atoms with van der Waals surface area (Å²) in [6, 6.07) is 6.31. The molecule has 18 heavy (non-hydrogen) atoms. The van der Waals surface area contributed by atoms with Crippen molar-refractivity contribution in [2.75, 3.05) is 6.61 Å². The number of ether oxygens (including phenoxy) is 1. The van der Waals surface area contributed by atoms with Gasteiger partial charge in [-0.05, 0) is 25.1 Å². The molecule has 0 aliphatic heterocycles. The second kappa shape index (κ2) is 6.84. The average molecular weight is 252 g/mol. The largest absolute Gasteiger partial charge is 0.462 e. The van der Waals surface area contributed by atoms with Crippen molar-refractivity contribution in [3.05, 3.63) is 34.7 Å². The summed E-state index contributed by atoms with van der Waals surface area (Å²) in [6.45, 7) is 2.00. The van der Waals surface area contributed by atoms with E-state index in [1.54, 1.807) is 25.1 Å². The molecule has 0 heterocycles. The van der Waals surface area contributed by atoms with Crippen LogP contribution in [0.3, 0.4) is 0 Å². The van der Waals surface area contributed by atoms with Crippen LogP contribution in [-0.4, -0.2) is 18.5 Å². The number of benzene rings is 1. The van der Waals surface area contributed by atoms with Gasteiger partial charge >= 0.3 is 5.97 Å². The predicted octanol–water partition coefficient (Wildman–Crippen LogP) is 1.01. The predicted molar refractivity (Wildman–Crippen MR) is 63.7 cm³/mol. The van der Waals surface area contributed by atoms with Crippen molar-refractivity contribution >= 4 is 17.6 Å². The Morgan fingerprint density at radius 1 is 1.50 bits per heavy atom. The average Bonchev–Trinajstić information content (AvgIpc) is 2.37. The highest BCUT2D eigenvalue weighted by molar-refractivity contribution is 5.90. The van der Waals surface area contributed by atoms with Gasteiger partial charge in [-0.1, -0.05) is 6.07 Å². The molecule has 8 nitrogen and oxygen atoms in total. The number of rotatable bonds is 5. The molecule has 1 aromatic carbocycles. The highest BCUT2D eigenvalue weighted by Gasteiger charge is 2.06. The number of esters is 1. The molecule has 0 atom stereocenters. The van der Waals surface area contributed by atoms with Gasteiger partial charge in [0.2, 0.25) is 5.96 Å². The van der Waals surface area contributed by atoms with Crippen molar-refractivity contribution in [3.8, 4) is 0 Å². The number of nitrogens with two attached hydrogens (primary N) is 1. The van der Waals surface area contributed by atoms with Gasteiger partial charge < -0.3 is 10.5 Å². The molecule has 0 aliphatic carbocycles. The molecule has 0 amide bonds. The van der Waals surface area contributed by atoms with Crippen LogP contribution in [0.25, 0.3) is 0 Å². The lowest BCUT2D eigenvalue weighted by Gasteiger charge is -2.03. The molecule has 1 rings (SSSR count). The molecule has 0 spiro atoms. The van der Waals surface area contributed by atoms with Crippen LogP contribution in [0.4, 0.5) is 5.69 Å². The molecule has 0 fully saturated rings. The van der Waals surface area contributed by atoms with Gasteiger partial charge in [0.25, 0.3) is 0 Å². The third-order valence-electron chi connectivity index (χ3n) is 1.79. The minimum Gasteiger partial charge on any atom is -0.462 e. The fourth-order valence-electron chi connectivity index (χ4n) is 1.14. The smallest absolute Gasteiger partial charge is 0.338 e. The first-order chi connectivity index (χ1) is 8.67. The lowest BCUT2D eigenvalue weighted by molar-refractivity contribution is 0.0526. The Labute approximate surface area is 103 Å². The van der Waals surface area contributed by atoms with E-state index in [-0.39, 0.29) is 12.6 Å². The van der Waals surface area contributed by atoms with Gasteiger partial charge in [-0.3, -0.25) is 0 Å². The van der Waals surface area contributed by atoms with E-state index in [1.807, 2.05) is 5.48 Å². The Balaban J connectivity index is 2.81. The summed E-state index contributed by atoms with van der Waals surface area (Å²) in [5.41, 5.74) is 8.11. The number of guanidine groups is 1. The van der Waals surface area contributed by atoms with Crippen LogP contribution in [0.1, 0.15) is 17.3 Å². The maximum atomic E-state index is 11.5. The van der Waals surface area contributed by atoms with Crippen LogP contribution in [0.5, 0.6) is 0 Å². The van der Waals surface area contributed by atoms with E-state index in [9.17, 15) is 9.70 Å². The monoisotopic (exact) mass is 252 g/mol. The van der Waals surface area contributed by atoms with Gasteiger partial charge in [-0.25, -0.2) is 14.7 Å². The van der Waals surface area contributed by atoms with Crippen molar-refractivity contribution in [2.24, 2.45) is 16.1 Å². The molecule has 0 aliphatic rings. The highest BCUT2D eigenvalue weighted by atomic mass is 16.8. The molecule has 0 radical (unpaired) electrons. The number of hydroxylamine groups is 1. The number of carbonyl (C=O) groups is 1. The lowest BCUT2D eigenvalue weighted by atomic mass is 10.2. The van der Waals surface area contributed by atoms with Crippen molar-refractivity contribution in [1.29, 1.82) is 0 Å². The third kappa shape index (κ3) is 4.08. The number of carbonyl (C=O) groups excluding carboxylic acids is 1. The summed E-state index contributed by atoms with van der Waals surface area (Å²) >= 11 is 0. The van der Waals surface area contributed by atoms with Crippen LogP contribution < -0.4 is 11.2 Å². The van der Waals surface area contributed by atoms with Gasteiger partial charge in [0.05, 0.1) is 17.9 Å². The van der Waals surface area contributed by atoms with E-state index in [4.69, 9.17) is 10.5 Å². The first-order valence-electron chi connectivity index (χ1n) is 5.03. The Hall–Kier alpha value is -2.64. The fourth-order valence-corrected chi connectivity index (χ4v) is 1.14. The second-order valence-corrected chi connectivity index (χ2v) is 3.04. The zero-order chi connectivity index (χ0) is 13.4. The van der Waals surface area contributed by atoms with Crippen molar-refractivity contribution in [3.63, 3.8) is 0 Å². The molecule has 96 valence electrons. The SMILES string of the molecule is CCOC(=O)c1cccc(N=C(N)NON=O)c1. The molecular formula is C10H12N4O4. The van der Waals surface area contributed by atoms with Crippen LogP contribution in [0.15, 0.2) is 34.6 Å². The molecular weight excluding hydrogens is 240 g/mol. The van der Waals surface area contributed by atoms with Gasteiger partial charge in [0.15, 0.2) is 5.34 Å². The van der Waals surface area contributed by atoms with E-state index < -0.39 is 5.97 Å². The van der Waals surface area contributed by atoms with E-state index in [1.165, 1.54) is 6.07 Å². The van der Waals surface area contributed by atoms with Crippen LogP contribution in [0, 0.1) is 4.91 Å². The minimum atomic E-state index is -0.452. The molecule has 0 bridgehead atoms. The molecule has 8 heteroatoms. The van der Waals surface area contributed by atoms with Crippen LogP contribution in [0.2, 0.25) is 0 Å². The van der Waals surface area contributed by atoms with Crippen LogP contribution in [-0.2, 0) is 9.68 Å². The van der Waals surface area contributed by atoms with Gasteiger partial charge in [0.1, 0.15) is 0 Å². The quantitative estimate of drug-likeness (QED) is 0.265. The summed E-state index contributed by atoms with van der Waals surface area (Å²) in [4.78, 5) is 28.9. The number of hydrogen-bond donors (Lipinski definition) is 2. The summed E-state index contributed by atoms with van der Waals surface area (Å²) in [6.07, 6.45) is 0. The Morgan fingerprint density at radius 2 is 2.28 bits per heavy atom. The number of aliphatic imine (C=N–C) groups is 1. The standard InChI is InChI=1S/C10H12N4O4/c1-2-17-9(15)7-4-3-5-8(6-7)12-10(11)13-18-14-16/h3-6H,2H2,1H3,(H3,11,12,13). The van der Waals surface area contributed by atoms with Crippen molar-refractivity contribution < 1.29 is 14.5 Å². The van der Waals surface area contributed by atoms with E-state index in [0.717, 1.165) is 0 Å². The molecule has 1 aromatic rings. The molecule has 0 aromatic heterocycles. The summed E-state index contributed by atoms with van der Waals surface area (Å²) < 4.78 is 4.84. The van der Waals surface area contributed by atoms with E-state index >= 15 is 0 Å². The van der Waals surface area contributed by atoms with Crippen LogP contribution >= 0.6 is 0 Å². The van der Waals surface area contributed by atoms with Crippen molar-refractivity contribution in [2.45, 2.75) is 6.92 Å². The Kier molecular flexibility index (Phi) is 5.10. The first kappa shape index (κ1) is 13.4. The zero-order valence-corrected chi connectivity index (χ0v) is 9.62. The second-order valence-electron chi connectivity index (χ2n) is 3.04. The summed E-state index contributed by atoms with van der Waals surface area (Å²) in [5, 5.41) is 2.09. The van der Waals surface area contributed by atoms with Gasteiger partial charge in [-0.15, -0.1) is 4.91 Å². The maximum absolute atomic E-state index is 11.5. The Bertz CT molecular complexity index is 461. The van der Waals surface area contributed by atoms with Gasteiger partial charge in [0, 0.05) is 0 Å². The first-order valence-corrected chi connectivity index (χ1v) is 5.03. The molecule has 3 N–H and O–H groups in total. The highest BCUT2D eigenvalue weighted by Crippen LogP contribution is 2.14. The lowest BCUT2D eigenvalue weighted by Crippen LogP contribution is -2.29. The topological polar surface area (TPSA) is 115 Å². The number of nitrogens with zero attached hydrogens (tertiary/aromatic N) is 2. The molecule has 0 saturated heterocycles. The van der Waals surface area contributed by atoms with E-state index in [2.05, 4.69) is 15.3 Å².